The maximum atomic E-state index is 12.5. The largest absolute Gasteiger partial charge is 0.507 e. The first-order valence-corrected chi connectivity index (χ1v) is 7.14. The van der Waals surface area contributed by atoms with Crippen molar-refractivity contribution < 1.29 is 24.5 Å². The van der Waals surface area contributed by atoms with E-state index in [0.29, 0.717) is 24.7 Å². The van der Waals surface area contributed by atoms with Gasteiger partial charge in [0.25, 0.3) is 0 Å². The topological polar surface area (TPSA) is 76.0 Å². The summed E-state index contributed by atoms with van der Waals surface area (Å²) in [6.45, 7) is 6.11. The van der Waals surface area contributed by atoms with Crippen molar-refractivity contribution in [3.05, 3.63) is 60.2 Å². The van der Waals surface area contributed by atoms with Crippen LogP contribution in [0, 0.1) is 0 Å². The predicted molar refractivity (Wildman–Crippen MR) is 86.5 cm³/mol. The second-order valence-corrected chi connectivity index (χ2v) is 4.72. The minimum absolute atomic E-state index is 0.0791. The SMILES string of the molecule is C=CCOc1ccc(C(=O)c2ccc(OCC)cc2O)c(O)c1. The minimum Gasteiger partial charge on any atom is -0.507 e. The normalized spacial score (nSPS) is 10.1. The number of phenolic OH excluding ortho intramolecular Hbond substituents is 2. The van der Waals surface area contributed by atoms with E-state index in [1.165, 1.54) is 24.3 Å². The fourth-order valence-corrected chi connectivity index (χ4v) is 2.05. The van der Waals surface area contributed by atoms with E-state index in [-0.39, 0.29) is 22.6 Å². The number of aromatic hydroxyl groups is 2. The Labute approximate surface area is 134 Å². The molecule has 2 aromatic carbocycles. The fourth-order valence-electron chi connectivity index (χ4n) is 2.05. The first-order valence-electron chi connectivity index (χ1n) is 7.14. The Hall–Kier alpha value is -2.95. The van der Waals surface area contributed by atoms with Crippen molar-refractivity contribution in [3.8, 4) is 23.0 Å². The Morgan fingerprint density at radius 1 is 1.04 bits per heavy atom. The maximum absolute atomic E-state index is 12.5. The summed E-state index contributed by atoms with van der Waals surface area (Å²) < 4.78 is 10.5. The van der Waals surface area contributed by atoms with Crippen molar-refractivity contribution in [2.24, 2.45) is 0 Å². The van der Waals surface area contributed by atoms with Crippen molar-refractivity contribution in [1.29, 1.82) is 0 Å². The van der Waals surface area contributed by atoms with E-state index in [1.54, 1.807) is 18.2 Å². The van der Waals surface area contributed by atoms with Crippen LogP contribution in [0.1, 0.15) is 22.8 Å². The molecule has 0 radical (unpaired) electrons. The minimum atomic E-state index is -0.488. The van der Waals surface area contributed by atoms with Crippen LogP contribution >= 0.6 is 0 Å². The zero-order valence-electron chi connectivity index (χ0n) is 12.8. The van der Waals surface area contributed by atoms with E-state index in [4.69, 9.17) is 9.47 Å². The molecule has 23 heavy (non-hydrogen) atoms. The van der Waals surface area contributed by atoms with Gasteiger partial charge >= 0.3 is 0 Å². The van der Waals surface area contributed by atoms with Gasteiger partial charge in [-0.2, -0.15) is 0 Å². The average Bonchev–Trinajstić information content (AvgIpc) is 2.53. The van der Waals surface area contributed by atoms with Gasteiger partial charge in [0, 0.05) is 12.1 Å². The molecule has 0 aliphatic carbocycles. The zero-order chi connectivity index (χ0) is 16.8. The van der Waals surface area contributed by atoms with Gasteiger partial charge in [-0.15, -0.1) is 0 Å². The van der Waals surface area contributed by atoms with Gasteiger partial charge in [0.15, 0.2) is 5.78 Å². The second kappa shape index (κ2) is 7.35. The lowest BCUT2D eigenvalue weighted by Gasteiger charge is -2.10. The fraction of sp³-hybridized carbons (Fsp3) is 0.167. The lowest BCUT2D eigenvalue weighted by molar-refractivity contribution is 0.103. The summed E-state index contributed by atoms with van der Waals surface area (Å²) >= 11 is 0. The van der Waals surface area contributed by atoms with Crippen molar-refractivity contribution in [1.82, 2.24) is 0 Å². The molecule has 0 amide bonds. The molecule has 0 saturated heterocycles. The highest BCUT2D eigenvalue weighted by Gasteiger charge is 2.18. The van der Waals surface area contributed by atoms with Crippen LogP contribution in [0.2, 0.25) is 0 Å². The van der Waals surface area contributed by atoms with Crippen LogP contribution in [0.3, 0.4) is 0 Å². The summed E-state index contributed by atoms with van der Waals surface area (Å²) in [6.07, 6.45) is 1.58. The Morgan fingerprint density at radius 3 is 2.00 bits per heavy atom. The molecule has 0 bridgehead atoms. The smallest absolute Gasteiger partial charge is 0.200 e. The van der Waals surface area contributed by atoms with Crippen LogP contribution in [0.5, 0.6) is 23.0 Å². The molecular weight excluding hydrogens is 296 g/mol. The molecular formula is C18H18O5. The highest BCUT2D eigenvalue weighted by atomic mass is 16.5. The van der Waals surface area contributed by atoms with Gasteiger partial charge in [0.1, 0.15) is 29.6 Å². The molecule has 0 aliphatic heterocycles. The van der Waals surface area contributed by atoms with Gasteiger partial charge in [-0.3, -0.25) is 4.79 Å². The van der Waals surface area contributed by atoms with E-state index in [2.05, 4.69) is 6.58 Å². The third kappa shape index (κ3) is 3.83. The molecule has 2 N–H and O–H groups in total. The second-order valence-electron chi connectivity index (χ2n) is 4.72. The third-order valence-electron chi connectivity index (χ3n) is 3.11. The lowest BCUT2D eigenvalue weighted by Crippen LogP contribution is -2.03. The standard InChI is InChI=1S/C18H18O5/c1-3-9-23-13-6-8-15(17(20)11-13)18(21)14-7-5-12(22-4-2)10-16(14)19/h3,5-8,10-11,19-20H,1,4,9H2,2H3. The summed E-state index contributed by atoms with van der Waals surface area (Å²) in [5, 5.41) is 20.0. The summed E-state index contributed by atoms with van der Waals surface area (Å²) in [4.78, 5) is 12.5. The molecule has 2 aromatic rings. The number of hydrogen-bond donors (Lipinski definition) is 2. The lowest BCUT2D eigenvalue weighted by atomic mass is 10.0. The Kier molecular flexibility index (Phi) is 5.25. The zero-order valence-corrected chi connectivity index (χ0v) is 12.8. The van der Waals surface area contributed by atoms with Crippen LogP contribution in [0.15, 0.2) is 49.1 Å². The number of phenols is 2. The molecule has 0 fully saturated rings. The van der Waals surface area contributed by atoms with E-state index in [1.807, 2.05) is 6.92 Å². The average molecular weight is 314 g/mol. The Morgan fingerprint density at radius 2 is 1.57 bits per heavy atom. The van der Waals surface area contributed by atoms with Crippen molar-refractivity contribution >= 4 is 5.78 Å². The van der Waals surface area contributed by atoms with E-state index >= 15 is 0 Å². The van der Waals surface area contributed by atoms with Gasteiger partial charge < -0.3 is 19.7 Å². The summed E-state index contributed by atoms with van der Waals surface area (Å²) in [7, 11) is 0. The molecule has 0 saturated carbocycles. The van der Waals surface area contributed by atoms with Gasteiger partial charge in [-0.25, -0.2) is 0 Å². The number of rotatable bonds is 7. The van der Waals surface area contributed by atoms with Crippen molar-refractivity contribution in [2.45, 2.75) is 6.92 Å². The van der Waals surface area contributed by atoms with Crippen LogP contribution in [-0.4, -0.2) is 29.2 Å². The highest BCUT2D eigenvalue weighted by Crippen LogP contribution is 2.30. The quantitative estimate of drug-likeness (QED) is 0.606. The molecule has 120 valence electrons. The molecule has 2 rings (SSSR count). The number of ketones is 1. The first-order chi connectivity index (χ1) is 11.1. The van der Waals surface area contributed by atoms with Gasteiger partial charge in [-0.1, -0.05) is 12.7 Å². The number of benzene rings is 2. The molecule has 0 aromatic heterocycles. The summed E-state index contributed by atoms with van der Waals surface area (Å²) in [5.41, 5.74) is 0.166. The number of hydrogen-bond acceptors (Lipinski definition) is 5. The maximum Gasteiger partial charge on any atom is 0.200 e. The molecule has 0 aliphatic rings. The van der Waals surface area contributed by atoms with Gasteiger partial charge in [0.2, 0.25) is 0 Å². The van der Waals surface area contributed by atoms with Crippen LogP contribution < -0.4 is 9.47 Å². The number of ether oxygens (including phenoxy) is 2. The third-order valence-corrected chi connectivity index (χ3v) is 3.11. The Balaban J connectivity index is 2.28. The van der Waals surface area contributed by atoms with Crippen molar-refractivity contribution in [2.75, 3.05) is 13.2 Å². The van der Waals surface area contributed by atoms with Crippen molar-refractivity contribution in [3.63, 3.8) is 0 Å². The van der Waals surface area contributed by atoms with Crippen LogP contribution in [0.4, 0.5) is 0 Å². The highest BCUT2D eigenvalue weighted by molar-refractivity contribution is 6.12. The molecule has 0 unspecified atom stereocenters. The van der Waals surface area contributed by atoms with E-state index in [9.17, 15) is 15.0 Å². The van der Waals surface area contributed by atoms with Gasteiger partial charge in [-0.05, 0) is 31.2 Å². The number of carbonyl (C=O) groups excluding carboxylic acids is 1. The number of carbonyl (C=O) groups is 1. The van der Waals surface area contributed by atoms with E-state index < -0.39 is 5.78 Å². The van der Waals surface area contributed by atoms with E-state index in [0.717, 1.165) is 0 Å². The summed E-state index contributed by atoms with van der Waals surface area (Å²) in [6, 6.07) is 8.80. The van der Waals surface area contributed by atoms with Gasteiger partial charge in [0.05, 0.1) is 17.7 Å². The molecule has 0 spiro atoms. The monoisotopic (exact) mass is 314 g/mol. The van der Waals surface area contributed by atoms with Crippen LogP contribution in [-0.2, 0) is 0 Å². The predicted octanol–water partition coefficient (Wildman–Crippen LogP) is 3.29. The molecule has 5 heteroatoms. The summed E-state index contributed by atoms with van der Waals surface area (Å²) in [5.74, 6) is -0.00990. The molecule has 0 atom stereocenters. The first kappa shape index (κ1) is 16.4. The Bertz CT molecular complexity index is 721. The molecule has 5 nitrogen and oxygen atoms in total. The molecule has 0 heterocycles. The van der Waals surface area contributed by atoms with Crippen LogP contribution in [0.25, 0.3) is 0 Å².